The van der Waals surface area contributed by atoms with Crippen LogP contribution in [0.2, 0.25) is 0 Å². The Morgan fingerprint density at radius 1 is 1.05 bits per heavy atom. The molecule has 0 bridgehead atoms. The van der Waals surface area contributed by atoms with Gasteiger partial charge in [-0.15, -0.1) is 0 Å². The SMILES string of the molecule is CC1=NN(c2ccccc2)C/C1=C/c1ccc(Br)cc1. The van der Waals surface area contributed by atoms with Gasteiger partial charge in [-0.1, -0.05) is 46.3 Å². The lowest BCUT2D eigenvalue weighted by atomic mass is 10.1. The van der Waals surface area contributed by atoms with Gasteiger partial charge in [0.25, 0.3) is 0 Å². The molecule has 3 heteroatoms. The van der Waals surface area contributed by atoms with Crippen molar-refractivity contribution in [1.29, 1.82) is 0 Å². The molecule has 0 unspecified atom stereocenters. The maximum atomic E-state index is 4.63. The third-order valence-electron chi connectivity index (χ3n) is 3.32. The zero-order chi connectivity index (χ0) is 13.9. The van der Waals surface area contributed by atoms with Gasteiger partial charge in [0.1, 0.15) is 0 Å². The Hall–Kier alpha value is -1.87. The second kappa shape index (κ2) is 5.63. The third-order valence-corrected chi connectivity index (χ3v) is 3.85. The Morgan fingerprint density at radius 2 is 1.75 bits per heavy atom. The van der Waals surface area contributed by atoms with Gasteiger partial charge >= 0.3 is 0 Å². The summed E-state index contributed by atoms with van der Waals surface area (Å²) in [7, 11) is 0. The number of hydrogen-bond donors (Lipinski definition) is 0. The molecule has 2 nitrogen and oxygen atoms in total. The molecule has 0 spiro atoms. The molecule has 2 aromatic carbocycles. The van der Waals surface area contributed by atoms with Crippen LogP contribution in [0.4, 0.5) is 5.69 Å². The highest BCUT2D eigenvalue weighted by molar-refractivity contribution is 9.10. The predicted molar refractivity (Wildman–Crippen MR) is 89.0 cm³/mol. The highest BCUT2D eigenvalue weighted by Crippen LogP contribution is 2.23. The Balaban J connectivity index is 1.84. The van der Waals surface area contributed by atoms with Gasteiger partial charge in [-0.05, 0) is 48.4 Å². The summed E-state index contributed by atoms with van der Waals surface area (Å²) in [4.78, 5) is 0. The van der Waals surface area contributed by atoms with Crippen LogP contribution in [-0.2, 0) is 0 Å². The molecule has 3 rings (SSSR count). The van der Waals surface area contributed by atoms with Crippen molar-refractivity contribution >= 4 is 33.4 Å². The van der Waals surface area contributed by atoms with Crippen LogP contribution in [0.15, 0.2) is 69.7 Å². The second-order valence-electron chi connectivity index (χ2n) is 4.80. The van der Waals surface area contributed by atoms with E-state index in [1.165, 1.54) is 11.1 Å². The van der Waals surface area contributed by atoms with Crippen LogP contribution in [-0.4, -0.2) is 12.3 Å². The van der Waals surface area contributed by atoms with Crippen molar-refractivity contribution in [2.24, 2.45) is 5.10 Å². The standard InChI is InChI=1S/C17H15BrN2/c1-13-15(11-14-7-9-16(18)10-8-14)12-20(19-13)17-5-3-2-4-6-17/h2-11H,12H2,1H3/b15-11-. The fourth-order valence-corrected chi connectivity index (χ4v) is 2.48. The molecule has 2 aromatic rings. The van der Waals surface area contributed by atoms with Gasteiger partial charge in [-0.25, -0.2) is 0 Å². The van der Waals surface area contributed by atoms with Crippen LogP contribution in [0.5, 0.6) is 0 Å². The Bertz CT molecular complexity index is 657. The van der Waals surface area contributed by atoms with Crippen molar-refractivity contribution < 1.29 is 0 Å². The Morgan fingerprint density at radius 3 is 2.45 bits per heavy atom. The number of anilines is 1. The molecule has 0 aromatic heterocycles. The normalized spacial score (nSPS) is 16.6. The van der Waals surface area contributed by atoms with E-state index in [2.05, 4.69) is 70.4 Å². The molecular weight excluding hydrogens is 312 g/mol. The average molecular weight is 327 g/mol. The maximum absolute atomic E-state index is 4.63. The lowest BCUT2D eigenvalue weighted by Gasteiger charge is -2.13. The number of rotatable bonds is 2. The molecule has 1 heterocycles. The van der Waals surface area contributed by atoms with Crippen LogP contribution in [0, 0.1) is 0 Å². The first-order valence-corrected chi connectivity index (χ1v) is 7.36. The fourth-order valence-electron chi connectivity index (χ4n) is 2.22. The summed E-state index contributed by atoms with van der Waals surface area (Å²) in [6.07, 6.45) is 2.20. The van der Waals surface area contributed by atoms with E-state index < -0.39 is 0 Å². The largest absolute Gasteiger partial charge is 0.261 e. The second-order valence-corrected chi connectivity index (χ2v) is 5.72. The van der Waals surface area contributed by atoms with Crippen molar-refractivity contribution in [3.05, 3.63) is 70.2 Å². The van der Waals surface area contributed by atoms with E-state index in [4.69, 9.17) is 0 Å². The number of halogens is 1. The summed E-state index contributed by atoms with van der Waals surface area (Å²) < 4.78 is 1.10. The number of para-hydroxylation sites is 1. The van der Waals surface area contributed by atoms with E-state index in [0.717, 1.165) is 22.4 Å². The van der Waals surface area contributed by atoms with Crippen LogP contribution in [0.25, 0.3) is 6.08 Å². The van der Waals surface area contributed by atoms with E-state index in [1.54, 1.807) is 0 Å². The van der Waals surface area contributed by atoms with Gasteiger partial charge < -0.3 is 0 Å². The molecule has 0 saturated carbocycles. The molecule has 0 N–H and O–H groups in total. The fraction of sp³-hybridized carbons (Fsp3) is 0.118. The molecule has 100 valence electrons. The van der Waals surface area contributed by atoms with Crippen molar-refractivity contribution in [1.82, 2.24) is 0 Å². The van der Waals surface area contributed by atoms with E-state index >= 15 is 0 Å². The summed E-state index contributed by atoms with van der Waals surface area (Å²) in [5.41, 5.74) is 4.67. The van der Waals surface area contributed by atoms with Gasteiger partial charge in [0.05, 0.1) is 17.9 Å². The number of benzene rings is 2. The van der Waals surface area contributed by atoms with Crippen LogP contribution >= 0.6 is 15.9 Å². The molecule has 0 radical (unpaired) electrons. The van der Waals surface area contributed by atoms with Gasteiger partial charge in [0.15, 0.2) is 0 Å². The van der Waals surface area contributed by atoms with Crippen molar-refractivity contribution in [2.45, 2.75) is 6.92 Å². The summed E-state index contributed by atoms with van der Waals surface area (Å²) in [6.45, 7) is 2.89. The van der Waals surface area contributed by atoms with Gasteiger partial charge in [0.2, 0.25) is 0 Å². The minimum absolute atomic E-state index is 0.825. The molecule has 0 amide bonds. The van der Waals surface area contributed by atoms with Gasteiger partial charge in [0, 0.05) is 4.47 Å². The Labute approximate surface area is 127 Å². The molecule has 1 aliphatic heterocycles. The van der Waals surface area contributed by atoms with Gasteiger partial charge in [-0.3, -0.25) is 5.01 Å². The minimum atomic E-state index is 0.825. The zero-order valence-corrected chi connectivity index (χ0v) is 12.8. The number of hydrogen-bond acceptors (Lipinski definition) is 2. The van der Waals surface area contributed by atoms with E-state index in [-0.39, 0.29) is 0 Å². The molecule has 0 atom stereocenters. The first-order chi connectivity index (χ1) is 9.72. The smallest absolute Gasteiger partial charge is 0.0685 e. The lowest BCUT2D eigenvalue weighted by molar-refractivity contribution is 0.973. The molecule has 20 heavy (non-hydrogen) atoms. The Kier molecular flexibility index (Phi) is 3.70. The summed E-state index contributed by atoms with van der Waals surface area (Å²) in [5.74, 6) is 0. The lowest BCUT2D eigenvalue weighted by Crippen LogP contribution is -2.12. The van der Waals surface area contributed by atoms with E-state index in [0.29, 0.717) is 0 Å². The first kappa shape index (κ1) is 13.1. The molecular formula is C17H15BrN2. The highest BCUT2D eigenvalue weighted by Gasteiger charge is 2.17. The molecule has 1 aliphatic rings. The maximum Gasteiger partial charge on any atom is 0.0685 e. The highest BCUT2D eigenvalue weighted by atomic mass is 79.9. The molecule has 0 fully saturated rings. The summed E-state index contributed by atoms with van der Waals surface area (Å²) in [6, 6.07) is 18.6. The van der Waals surface area contributed by atoms with Crippen molar-refractivity contribution in [3.8, 4) is 0 Å². The van der Waals surface area contributed by atoms with Crippen molar-refractivity contribution in [2.75, 3.05) is 11.6 Å². The topological polar surface area (TPSA) is 15.6 Å². The van der Waals surface area contributed by atoms with Crippen molar-refractivity contribution in [3.63, 3.8) is 0 Å². The number of hydrazone groups is 1. The zero-order valence-electron chi connectivity index (χ0n) is 11.3. The van der Waals surface area contributed by atoms with Crippen LogP contribution in [0.3, 0.4) is 0 Å². The average Bonchev–Trinajstić information content (AvgIpc) is 2.84. The predicted octanol–water partition coefficient (Wildman–Crippen LogP) is 4.73. The monoisotopic (exact) mass is 326 g/mol. The summed E-state index contributed by atoms with van der Waals surface area (Å²) >= 11 is 3.46. The molecule has 0 saturated heterocycles. The molecule has 0 aliphatic carbocycles. The van der Waals surface area contributed by atoms with Crippen LogP contribution in [0.1, 0.15) is 12.5 Å². The van der Waals surface area contributed by atoms with E-state index in [1.807, 2.05) is 23.2 Å². The quantitative estimate of drug-likeness (QED) is 0.779. The van der Waals surface area contributed by atoms with E-state index in [9.17, 15) is 0 Å². The minimum Gasteiger partial charge on any atom is -0.261 e. The van der Waals surface area contributed by atoms with Crippen LogP contribution < -0.4 is 5.01 Å². The number of nitrogens with zero attached hydrogens (tertiary/aromatic N) is 2. The summed E-state index contributed by atoms with van der Waals surface area (Å²) in [5, 5.41) is 6.67. The first-order valence-electron chi connectivity index (χ1n) is 6.57. The van der Waals surface area contributed by atoms with Gasteiger partial charge in [-0.2, -0.15) is 5.10 Å². The third kappa shape index (κ3) is 2.83.